The van der Waals surface area contributed by atoms with Crippen LogP contribution in [0, 0.1) is 0 Å². The summed E-state index contributed by atoms with van der Waals surface area (Å²) in [6.07, 6.45) is 32.1. The number of ketones is 1. The molecule has 0 aliphatic heterocycles. The fourth-order valence-electron chi connectivity index (χ4n) is 11.3. The van der Waals surface area contributed by atoms with Gasteiger partial charge in [0.25, 0.3) is 0 Å². The van der Waals surface area contributed by atoms with Gasteiger partial charge in [0.1, 0.15) is 12.1 Å². The van der Waals surface area contributed by atoms with Gasteiger partial charge in [0.2, 0.25) is 0 Å². The summed E-state index contributed by atoms with van der Waals surface area (Å²) in [5.74, 6) is 3.88. The largest absolute Gasteiger partial charge is 0.350 e. The van der Waals surface area contributed by atoms with Gasteiger partial charge >= 0.3 is 6.03 Å². The first-order chi connectivity index (χ1) is 36.7. The van der Waals surface area contributed by atoms with Gasteiger partial charge in [0.05, 0.1) is 6.54 Å². The van der Waals surface area contributed by atoms with E-state index in [2.05, 4.69) is 178 Å². The molecule has 0 saturated heterocycles. The molecule has 3 unspecified atom stereocenters. The van der Waals surface area contributed by atoms with Crippen molar-refractivity contribution in [3.63, 3.8) is 0 Å². The highest BCUT2D eigenvalue weighted by atomic mass is 16.5. The zero-order chi connectivity index (χ0) is 52.9. The Hall–Kier alpha value is -6.37. The molecule has 0 heterocycles. The number of nitrogens with zero attached hydrogens (tertiary/aromatic N) is 1. The molecule has 0 bridgehead atoms. The molecule has 5 aromatic carbocycles. The Bertz CT molecular complexity index is 2530. The number of hydrogen-bond donors (Lipinski definition) is 2. The number of rotatable bonds is 11. The SMILES string of the molecule is CC=C1CCC(c2ccccc2)CC1.CCC1=CCC(c2ccccc2)CC1.NC(=O)N(O)CCC1=CCC(c2ccccc2)CC1.O=C1CCC(c2ccccc2)CC1.O=CCC1=CCC(c2ccccc2)CC1. The van der Waals surface area contributed by atoms with E-state index in [1.807, 2.05) is 12.1 Å². The molecule has 6 heteroatoms. The molecular formula is C69H86N2O4. The molecule has 5 aliphatic carbocycles. The number of carbonyl (C=O) groups is 3. The van der Waals surface area contributed by atoms with E-state index >= 15 is 0 Å². The summed E-state index contributed by atoms with van der Waals surface area (Å²) in [7, 11) is 0. The van der Waals surface area contributed by atoms with Gasteiger partial charge < -0.3 is 10.5 Å². The third-order valence-corrected chi connectivity index (χ3v) is 16.1. The van der Waals surface area contributed by atoms with Crippen LogP contribution in [-0.4, -0.2) is 34.9 Å². The van der Waals surface area contributed by atoms with Crippen LogP contribution < -0.4 is 5.73 Å². The highest BCUT2D eigenvalue weighted by molar-refractivity contribution is 5.79. The molecule has 5 aromatic rings. The fourth-order valence-corrected chi connectivity index (χ4v) is 11.3. The predicted octanol–water partition coefficient (Wildman–Crippen LogP) is 18.0. The van der Waals surface area contributed by atoms with Crippen LogP contribution in [0.2, 0.25) is 0 Å². The number of carbonyl (C=O) groups excluding carboxylic acids is 3. The Morgan fingerprint density at radius 2 is 0.840 bits per heavy atom. The standard InChI is InChI=1S/C15H20N2O2.C14H16O.2C14H18.C12H14O/c16-15(18)17(19)11-10-12-6-8-14(9-7-12)13-4-2-1-3-5-13;15-11-10-12-6-8-14(9-7-12)13-4-2-1-3-5-13;2*1-2-12-8-10-14(11-9-12)13-6-4-3-5-7-13;13-12-8-6-11(7-9-12)10-4-2-1-3-5-10/h1-6,14,19H,7-11H2,(H2,16,18);1-6,11,14H,7-10H2;3-8,14H,2,9-11H2,1H3;2-7,14H,8-11H2,1H3;1-5,11H,6-9H2. The highest BCUT2D eigenvalue weighted by Gasteiger charge is 2.21. The van der Waals surface area contributed by atoms with Gasteiger partial charge in [-0.1, -0.05) is 205 Å². The van der Waals surface area contributed by atoms with Crippen molar-refractivity contribution in [2.24, 2.45) is 5.73 Å². The van der Waals surface area contributed by atoms with Crippen molar-refractivity contribution in [3.05, 3.63) is 226 Å². The van der Waals surface area contributed by atoms with Crippen LogP contribution >= 0.6 is 0 Å². The van der Waals surface area contributed by atoms with E-state index in [-0.39, 0.29) is 6.54 Å². The summed E-state index contributed by atoms with van der Waals surface area (Å²) in [5, 5.41) is 9.79. The minimum absolute atomic E-state index is 0.275. The smallest absolute Gasteiger partial charge is 0.338 e. The summed E-state index contributed by atoms with van der Waals surface area (Å²) in [6.45, 7) is 4.70. The van der Waals surface area contributed by atoms with Gasteiger partial charge in [-0.25, -0.2) is 9.86 Å². The van der Waals surface area contributed by atoms with Crippen LogP contribution in [0.1, 0.15) is 200 Å². The number of Topliss-reactive ketones (excluding diaryl/α,β-unsaturated/α-hetero) is 1. The number of nitrogens with two attached hydrogens (primary N) is 1. The molecule has 2 fully saturated rings. The monoisotopic (exact) mass is 1010 g/mol. The van der Waals surface area contributed by atoms with Gasteiger partial charge in [-0.05, 0) is 173 Å². The molecule has 0 radical (unpaired) electrons. The lowest BCUT2D eigenvalue weighted by Crippen LogP contribution is -2.33. The molecule has 5 aliphatic rings. The average molecular weight is 1010 g/mol. The van der Waals surface area contributed by atoms with Crippen LogP contribution in [0.3, 0.4) is 0 Å². The van der Waals surface area contributed by atoms with Crippen molar-refractivity contribution in [2.45, 2.75) is 172 Å². The van der Waals surface area contributed by atoms with E-state index in [1.54, 1.807) is 11.1 Å². The Labute approximate surface area is 450 Å². The van der Waals surface area contributed by atoms with Gasteiger partial charge in [0, 0.05) is 19.3 Å². The van der Waals surface area contributed by atoms with Crippen LogP contribution in [0.4, 0.5) is 4.79 Å². The van der Waals surface area contributed by atoms with E-state index in [9.17, 15) is 19.6 Å². The number of aldehydes is 1. The molecule has 10 rings (SSSR count). The topological polar surface area (TPSA) is 101 Å². The van der Waals surface area contributed by atoms with Crippen molar-refractivity contribution in [3.8, 4) is 0 Å². The van der Waals surface area contributed by atoms with Crippen LogP contribution in [0.25, 0.3) is 0 Å². The molecule has 2 amide bonds. The van der Waals surface area contributed by atoms with E-state index < -0.39 is 6.03 Å². The van der Waals surface area contributed by atoms with E-state index in [4.69, 9.17) is 5.73 Å². The van der Waals surface area contributed by atoms with Crippen LogP contribution in [0.15, 0.2) is 198 Å². The Morgan fingerprint density at radius 3 is 1.16 bits per heavy atom. The van der Waals surface area contributed by atoms with Crippen molar-refractivity contribution in [2.75, 3.05) is 6.54 Å². The zero-order valence-electron chi connectivity index (χ0n) is 45.3. The van der Waals surface area contributed by atoms with Crippen molar-refractivity contribution in [1.82, 2.24) is 5.06 Å². The number of primary amides is 1. The van der Waals surface area contributed by atoms with Gasteiger partial charge in [-0.3, -0.25) is 10.0 Å². The van der Waals surface area contributed by atoms with Crippen molar-refractivity contribution >= 4 is 18.1 Å². The number of hydroxylamine groups is 2. The second-order valence-corrected chi connectivity index (χ2v) is 21.0. The predicted molar refractivity (Wildman–Crippen MR) is 311 cm³/mol. The quantitative estimate of drug-likeness (QED) is 0.0596. The number of amides is 2. The molecule has 6 nitrogen and oxygen atoms in total. The normalized spacial score (nSPS) is 20.4. The summed E-state index contributed by atoms with van der Waals surface area (Å²) < 4.78 is 0. The maximum absolute atomic E-state index is 11.0. The summed E-state index contributed by atoms with van der Waals surface area (Å²) in [4.78, 5) is 32.1. The van der Waals surface area contributed by atoms with E-state index in [1.165, 1.54) is 96.8 Å². The van der Waals surface area contributed by atoms with Gasteiger partial charge in [-0.2, -0.15) is 0 Å². The highest BCUT2D eigenvalue weighted by Crippen LogP contribution is 2.37. The minimum Gasteiger partial charge on any atom is -0.350 e. The summed E-state index contributed by atoms with van der Waals surface area (Å²) in [5.41, 5.74) is 18.1. The van der Waals surface area contributed by atoms with Gasteiger partial charge in [0.15, 0.2) is 0 Å². The molecule has 3 N–H and O–H groups in total. The third-order valence-electron chi connectivity index (χ3n) is 16.1. The Balaban J connectivity index is 0.000000153. The summed E-state index contributed by atoms with van der Waals surface area (Å²) in [6, 6.07) is 52.8. The van der Waals surface area contributed by atoms with Crippen molar-refractivity contribution < 1.29 is 19.6 Å². The Morgan fingerprint density at radius 1 is 0.507 bits per heavy atom. The number of urea groups is 1. The average Bonchev–Trinajstić information content (AvgIpc) is 3.49. The maximum Gasteiger partial charge on any atom is 0.338 e. The Kier molecular flexibility index (Phi) is 25.3. The van der Waals surface area contributed by atoms with Crippen molar-refractivity contribution in [1.29, 1.82) is 0 Å². The molecule has 0 spiro atoms. The molecule has 75 heavy (non-hydrogen) atoms. The second kappa shape index (κ2) is 32.8. The molecule has 0 aromatic heterocycles. The number of allylic oxidation sites excluding steroid dienone is 7. The number of hydrogen-bond acceptors (Lipinski definition) is 4. The molecular weight excluding hydrogens is 921 g/mol. The zero-order valence-corrected chi connectivity index (χ0v) is 45.3. The lowest BCUT2D eigenvalue weighted by molar-refractivity contribution is -0.120. The van der Waals surface area contributed by atoms with Crippen LogP contribution in [0.5, 0.6) is 0 Å². The molecule has 396 valence electrons. The fraction of sp³-hybridized carbons (Fsp3) is 0.406. The first-order valence-corrected chi connectivity index (χ1v) is 28.4. The van der Waals surface area contributed by atoms with Gasteiger partial charge in [-0.15, -0.1) is 0 Å². The maximum atomic E-state index is 11.0. The number of benzene rings is 5. The lowest BCUT2D eigenvalue weighted by atomic mass is 9.82. The van der Waals surface area contributed by atoms with E-state index in [0.29, 0.717) is 41.4 Å². The minimum atomic E-state index is -0.793. The second-order valence-electron chi connectivity index (χ2n) is 21.0. The molecule has 3 atom stereocenters. The first kappa shape index (κ1) is 57.9. The molecule has 2 saturated carbocycles. The first-order valence-electron chi connectivity index (χ1n) is 28.4. The van der Waals surface area contributed by atoms with Crippen LogP contribution in [-0.2, 0) is 9.59 Å². The lowest BCUT2D eigenvalue weighted by Gasteiger charge is -2.24. The summed E-state index contributed by atoms with van der Waals surface area (Å²) >= 11 is 0. The third kappa shape index (κ3) is 20.4. The van der Waals surface area contributed by atoms with E-state index in [0.717, 1.165) is 75.9 Å².